The summed E-state index contributed by atoms with van der Waals surface area (Å²) < 4.78 is 13.3. The van der Waals surface area contributed by atoms with Gasteiger partial charge in [0.2, 0.25) is 0 Å². The summed E-state index contributed by atoms with van der Waals surface area (Å²) in [6, 6.07) is 5.15. The Morgan fingerprint density at radius 3 is 2.74 bits per heavy atom. The predicted molar refractivity (Wildman–Crippen MR) is 79.0 cm³/mol. The molecular formula is C16H21ClFN. The van der Waals surface area contributed by atoms with Crippen molar-refractivity contribution in [3.63, 3.8) is 0 Å². The first-order valence-corrected chi connectivity index (χ1v) is 7.41. The van der Waals surface area contributed by atoms with Crippen LogP contribution in [0.25, 0.3) is 0 Å². The van der Waals surface area contributed by atoms with E-state index in [1.54, 1.807) is 6.07 Å². The van der Waals surface area contributed by atoms with Crippen molar-refractivity contribution in [2.45, 2.75) is 44.6 Å². The Kier molecular flexibility index (Phi) is 5.41. The summed E-state index contributed by atoms with van der Waals surface area (Å²) in [5, 5.41) is 3.53. The van der Waals surface area contributed by atoms with Crippen LogP contribution in [-0.4, -0.2) is 7.05 Å². The first-order chi connectivity index (χ1) is 9.22. The van der Waals surface area contributed by atoms with E-state index in [4.69, 9.17) is 11.6 Å². The molecule has 1 unspecified atom stereocenters. The predicted octanol–water partition coefficient (Wildman–Crippen LogP) is 5.02. The molecule has 1 aromatic carbocycles. The molecule has 1 aliphatic carbocycles. The number of hydrogen-bond acceptors (Lipinski definition) is 1. The fourth-order valence-electron chi connectivity index (χ4n) is 2.74. The number of halogens is 2. The Morgan fingerprint density at radius 1 is 1.21 bits per heavy atom. The monoisotopic (exact) mass is 281 g/mol. The zero-order valence-corrected chi connectivity index (χ0v) is 12.1. The number of nitrogens with one attached hydrogen (secondary N) is 1. The van der Waals surface area contributed by atoms with Crippen molar-refractivity contribution in [2.75, 3.05) is 7.05 Å². The first-order valence-electron chi connectivity index (χ1n) is 7.03. The van der Waals surface area contributed by atoms with Crippen LogP contribution < -0.4 is 5.32 Å². The lowest BCUT2D eigenvalue weighted by Gasteiger charge is -2.22. The molecule has 1 atom stereocenters. The van der Waals surface area contributed by atoms with E-state index in [0.29, 0.717) is 0 Å². The van der Waals surface area contributed by atoms with Crippen LogP contribution in [0.1, 0.15) is 50.1 Å². The zero-order valence-electron chi connectivity index (χ0n) is 11.4. The van der Waals surface area contributed by atoms with Crippen molar-refractivity contribution < 1.29 is 4.39 Å². The lowest BCUT2D eigenvalue weighted by Crippen LogP contribution is -2.19. The second kappa shape index (κ2) is 7.06. The largest absolute Gasteiger partial charge is 0.310 e. The topological polar surface area (TPSA) is 12.0 Å². The highest BCUT2D eigenvalue weighted by Crippen LogP contribution is 2.30. The van der Waals surface area contributed by atoms with E-state index in [9.17, 15) is 4.39 Å². The first kappa shape index (κ1) is 14.5. The molecule has 0 radical (unpaired) electrons. The third-order valence-electron chi connectivity index (χ3n) is 3.76. The Morgan fingerprint density at radius 2 is 2.00 bits per heavy atom. The maximum Gasteiger partial charge on any atom is 0.141 e. The van der Waals surface area contributed by atoms with E-state index < -0.39 is 0 Å². The van der Waals surface area contributed by atoms with Gasteiger partial charge in [-0.05, 0) is 50.4 Å². The van der Waals surface area contributed by atoms with Gasteiger partial charge in [0.15, 0.2) is 0 Å². The van der Waals surface area contributed by atoms with Gasteiger partial charge in [-0.15, -0.1) is 0 Å². The molecule has 1 aromatic rings. The van der Waals surface area contributed by atoms with E-state index >= 15 is 0 Å². The summed E-state index contributed by atoms with van der Waals surface area (Å²) in [5.41, 5.74) is 2.45. The van der Waals surface area contributed by atoms with Crippen LogP contribution >= 0.6 is 11.6 Å². The van der Waals surface area contributed by atoms with Gasteiger partial charge in [-0.1, -0.05) is 42.2 Å². The van der Waals surface area contributed by atoms with E-state index in [-0.39, 0.29) is 16.9 Å². The van der Waals surface area contributed by atoms with Gasteiger partial charge in [0.25, 0.3) is 0 Å². The van der Waals surface area contributed by atoms with Crippen molar-refractivity contribution in [1.29, 1.82) is 0 Å². The molecule has 1 aliphatic rings. The quantitative estimate of drug-likeness (QED) is 0.767. The number of allylic oxidation sites excluding steroid dienone is 1. The molecule has 0 heterocycles. The number of hydrogen-bond donors (Lipinski definition) is 1. The van der Waals surface area contributed by atoms with Gasteiger partial charge in [-0.2, -0.15) is 0 Å². The third kappa shape index (κ3) is 3.80. The molecule has 0 fully saturated rings. The van der Waals surface area contributed by atoms with Gasteiger partial charge in [-0.25, -0.2) is 4.39 Å². The van der Waals surface area contributed by atoms with E-state index in [1.165, 1.54) is 37.3 Å². The van der Waals surface area contributed by atoms with Crippen molar-refractivity contribution in [1.82, 2.24) is 5.32 Å². The zero-order chi connectivity index (χ0) is 13.7. The molecule has 0 saturated heterocycles. The van der Waals surface area contributed by atoms with E-state index in [1.807, 2.05) is 13.1 Å². The van der Waals surface area contributed by atoms with Gasteiger partial charge in [0.05, 0.1) is 11.1 Å². The van der Waals surface area contributed by atoms with Gasteiger partial charge in [0, 0.05) is 0 Å². The summed E-state index contributed by atoms with van der Waals surface area (Å²) >= 11 is 5.89. The van der Waals surface area contributed by atoms with Crippen LogP contribution in [0.3, 0.4) is 0 Å². The molecule has 0 aromatic heterocycles. The molecule has 19 heavy (non-hydrogen) atoms. The average Bonchev–Trinajstić information content (AvgIpc) is 2.36. The molecule has 0 amide bonds. The van der Waals surface area contributed by atoms with E-state index in [2.05, 4.69) is 11.4 Å². The second-order valence-electron chi connectivity index (χ2n) is 5.13. The smallest absolute Gasteiger partial charge is 0.141 e. The standard InChI is InChI=1S/C16H21ClFN/c1-19-16(12-7-5-3-2-4-6-8-12)13-9-10-15(18)14(17)11-13/h7,9-11,16,19H,2-6,8H2,1H3/b12-7+. The highest BCUT2D eigenvalue weighted by molar-refractivity contribution is 6.30. The van der Waals surface area contributed by atoms with Crippen LogP contribution in [0.5, 0.6) is 0 Å². The maximum absolute atomic E-state index is 13.3. The minimum Gasteiger partial charge on any atom is -0.310 e. The molecule has 3 heteroatoms. The van der Waals surface area contributed by atoms with Crippen molar-refractivity contribution in [3.05, 3.63) is 46.3 Å². The molecule has 0 spiro atoms. The van der Waals surface area contributed by atoms with Gasteiger partial charge >= 0.3 is 0 Å². The molecule has 0 aliphatic heterocycles. The highest BCUT2D eigenvalue weighted by atomic mass is 35.5. The summed E-state index contributed by atoms with van der Waals surface area (Å²) in [5.74, 6) is -0.355. The lowest BCUT2D eigenvalue weighted by atomic mass is 9.91. The average molecular weight is 282 g/mol. The molecule has 1 nitrogen and oxygen atoms in total. The summed E-state index contributed by atoms with van der Waals surface area (Å²) in [6.07, 6.45) is 9.73. The SMILES string of the molecule is CNC(/C1=C/CCCCCC1)c1ccc(F)c(Cl)c1. The van der Waals surface area contributed by atoms with Gasteiger partial charge < -0.3 is 5.32 Å². The minimum absolute atomic E-state index is 0.149. The molecule has 2 rings (SSSR count). The van der Waals surface area contributed by atoms with Gasteiger partial charge in [0.1, 0.15) is 5.82 Å². The molecule has 104 valence electrons. The Labute approximate surface area is 119 Å². The van der Waals surface area contributed by atoms with Crippen LogP contribution in [0, 0.1) is 5.82 Å². The summed E-state index contributed by atoms with van der Waals surface area (Å²) in [7, 11) is 1.95. The third-order valence-corrected chi connectivity index (χ3v) is 4.05. The lowest BCUT2D eigenvalue weighted by molar-refractivity contribution is 0.572. The van der Waals surface area contributed by atoms with Crippen LogP contribution in [0.2, 0.25) is 5.02 Å². The molecular weight excluding hydrogens is 261 g/mol. The van der Waals surface area contributed by atoms with Gasteiger partial charge in [-0.3, -0.25) is 0 Å². The summed E-state index contributed by atoms with van der Waals surface area (Å²) in [4.78, 5) is 0. The molecule has 0 saturated carbocycles. The van der Waals surface area contributed by atoms with Crippen LogP contribution in [-0.2, 0) is 0 Å². The van der Waals surface area contributed by atoms with Crippen molar-refractivity contribution >= 4 is 11.6 Å². The number of likely N-dealkylation sites (N-methyl/N-ethyl adjacent to an activating group) is 1. The van der Waals surface area contributed by atoms with E-state index in [0.717, 1.165) is 18.4 Å². The highest BCUT2D eigenvalue weighted by Gasteiger charge is 2.16. The fourth-order valence-corrected chi connectivity index (χ4v) is 2.93. The number of benzene rings is 1. The molecule has 1 N–H and O–H groups in total. The van der Waals surface area contributed by atoms with Crippen LogP contribution in [0.4, 0.5) is 4.39 Å². The Hall–Kier alpha value is -0.860. The Bertz CT molecular complexity index is 456. The fraction of sp³-hybridized carbons (Fsp3) is 0.500. The maximum atomic E-state index is 13.3. The second-order valence-corrected chi connectivity index (χ2v) is 5.53. The van der Waals surface area contributed by atoms with Crippen LogP contribution in [0.15, 0.2) is 29.8 Å². The van der Waals surface area contributed by atoms with Crippen molar-refractivity contribution in [3.8, 4) is 0 Å². The molecule has 0 bridgehead atoms. The Balaban J connectivity index is 2.24. The van der Waals surface area contributed by atoms with Crippen molar-refractivity contribution in [2.24, 2.45) is 0 Å². The normalized spacial score (nSPS) is 21.1. The summed E-state index contributed by atoms with van der Waals surface area (Å²) in [6.45, 7) is 0. The minimum atomic E-state index is -0.355. The number of rotatable bonds is 3.